The molecular formula is C18H20N2O3S. The van der Waals surface area contributed by atoms with Gasteiger partial charge in [0.15, 0.2) is 9.84 Å². The second kappa shape index (κ2) is 7.15. The number of rotatable bonds is 5. The van der Waals surface area contributed by atoms with Gasteiger partial charge in [0.05, 0.1) is 16.6 Å². The number of sulfone groups is 1. The number of para-hydroxylation sites is 1. The van der Waals surface area contributed by atoms with E-state index in [1.54, 1.807) is 54.6 Å². The number of hydrogen-bond acceptors (Lipinski definition) is 4. The van der Waals surface area contributed by atoms with E-state index >= 15 is 0 Å². The van der Waals surface area contributed by atoms with Gasteiger partial charge in [0.2, 0.25) is 5.91 Å². The molecule has 0 radical (unpaired) electrons. The van der Waals surface area contributed by atoms with Crippen LogP contribution in [0.15, 0.2) is 59.5 Å². The van der Waals surface area contributed by atoms with Gasteiger partial charge in [0.1, 0.15) is 0 Å². The Morgan fingerprint density at radius 1 is 1.08 bits per heavy atom. The van der Waals surface area contributed by atoms with Crippen LogP contribution < -0.4 is 10.6 Å². The van der Waals surface area contributed by atoms with E-state index in [1.807, 2.05) is 0 Å². The van der Waals surface area contributed by atoms with Gasteiger partial charge in [-0.1, -0.05) is 36.4 Å². The highest BCUT2D eigenvalue weighted by molar-refractivity contribution is 7.90. The largest absolute Gasteiger partial charge is 0.326 e. The summed E-state index contributed by atoms with van der Waals surface area (Å²) in [6, 6.07) is 15.4. The average Bonchev–Trinajstić information content (AvgIpc) is 3.12. The third-order valence-electron chi connectivity index (χ3n) is 4.15. The maximum Gasteiger partial charge on any atom is 0.228 e. The van der Waals surface area contributed by atoms with Crippen molar-refractivity contribution in [2.75, 3.05) is 18.4 Å². The van der Waals surface area contributed by atoms with E-state index in [9.17, 15) is 13.2 Å². The Kier molecular flexibility index (Phi) is 4.97. The predicted octanol–water partition coefficient (Wildman–Crippen LogP) is 2.21. The summed E-state index contributed by atoms with van der Waals surface area (Å²) in [7, 11) is -3.45. The normalized spacial score (nSPS) is 17.6. The number of benzene rings is 2. The smallest absolute Gasteiger partial charge is 0.228 e. The zero-order valence-electron chi connectivity index (χ0n) is 13.2. The molecule has 2 aromatic carbocycles. The zero-order chi connectivity index (χ0) is 17.0. The second-order valence-electron chi connectivity index (χ2n) is 5.91. The highest BCUT2D eigenvalue weighted by Crippen LogP contribution is 2.23. The maximum atomic E-state index is 12.6. The molecule has 3 rings (SSSR count). The molecule has 1 amide bonds. The van der Waals surface area contributed by atoms with Crippen molar-refractivity contribution in [2.45, 2.75) is 17.1 Å². The number of carbonyl (C=O) groups is 1. The molecular weight excluding hydrogens is 324 g/mol. The van der Waals surface area contributed by atoms with Gasteiger partial charge in [-0.2, -0.15) is 0 Å². The first-order valence-corrected chi connectivity index (χ1v) is 9.59. The first kappa shape index (κ1) is 16.7. The van der Waals surface area contributed by atoms with Crippen LogP contribution in [0.3, 0.4) is 0 Å². The molecule has 0 bridgehead atoms. The summed E-state index contributed by atoms with van der Waals surface area (Å²) < 4.78 is 25.1. The standard InChI is InChI=1S/C18H20N2O3S/c21-18(14-10-11-19-12-14)20-17-9-5-4-6-15(17)13-24(22,23)16-7-2-1-3-8-16/h1-9,14,19H,10-13H2,(H,20,21). The van der Waals surface area contributed by atoms with Crippen molar-refractivity contribution in [3.8, 4) is 0 Å². The summed E-state index contributed by atoms with van der Waals surface area (Å²) in [6.45, 7) is 1.50. The number of carbonyl (C=O) groups excluding carboxylic acids is 1. The van der Waals surface area contributed by atoms with E-state index in [1.165, 1.54) is 0 Å². The summed E-state index contributed by atoms with van der Waals surface area (Å²) in [4.78, 5) is 12.6. The van der Waals surface area contributed by atoms with Crippen LogP contribution in [0, 0.1) is 5.92 Å². The summed E-state index contributed by atoms with van der Waals surface area (Å²) in [6.07, 6.45) is 0.802. The molecule has 0 saturated carbocycles. The number of anilines is 1. The third kappa shape index (κ3) is 3.83. The average molecular weight is 344 g/mol. The number of hydrogen-bond donors (Lipinski definition) is 2. The Morgan fingerprint density at radius 2 is 1.79 bits per heavy atom. The third-order valence-corrected chi connectivity index (χ3v) is 5.84. The minimum absolute atomic E-state index is 0.0652. The molecule has 2 aromatic rings. The van der Waals surface area contributed by atoms with Crippen LogP contribution in [0.4, 0.5) is 5.69 Å². The Bertz CT molecular complexity index is 813. The van der Waals surface area contributed by atoms with Crippen molar-refractivity contribution >= 4 is 21.4 Å². The fourth-order valence-corrected chi connectivity index (χ4v) is 4.20. The molecule has 1 saturated heterocycles. The van der Waals surface area contributed by atoms with Gasteiger partial charge in [-0.3, -0.25) is 4.79 Å². The van der Waals surface area contributed by atoms with Gasteiger partial charge in [-0.15, -0.1) is 0 Å². The summed E-state index contributed by atoms with van der Waals surface area (Å²) in [5, 5.41) is 6.04. The summed E-state index contributed by atoms with van der Waals surface area (Å²) in [5.41, 5.74) is 1.16. The van der Waals surface area contributed by atoms with Crippen molar-refractivity contribution in [1.82, 2.24) is 5.32 Å². The van der Waals surface area contributed by atoms with Crippen LogP contribution >= 0.6 is 0 Å². The lowest BCUT2D eigenvalue weighted by Gasteiger charge is -2.14. The van der Waals surface area contributed by atoms with Crippen molar-refractivity contribution in [1.29, 1.82) is 0 Å². The zero-order valence-corrected chi connectivity index (χ0v) is 14.1. The highest BCUT2D eigenvalue weighted by Gasteiger charge is 2.24. The van der Waals surface area contributed by atoms with Gasteiger partial charge in [0, 0.05) is 12.2 Å². The Balaban J connectivity index is 1.80. The molecule has 2 N–H and O–H groups in total. The predicted molar refractivity (Wildman–Crippen MR) is 93.4 cm³/mol. The quantitative estimate of drug-likeness (QED) is 0.872. The lowest BCUT2D eigenvalue weighted by atomic mass is 10.1. The first-order valence-electron chi connectivity index (χ1n) is 7.93. The van der Waals surface area contributed by atoms with E-state index in [0.717, 1.165) is 13.0 Å². The van der Waals surface area contributed by atoms with Gasteiger partial charge >= 0.3 is 0 Å². The molecule has 6 heteroatoms. The fourth-order valence-electron chi connectivity index (χ4n) is 2.80. The van der Waals surface area contributed by atoms with Crippen molar-refractivity contribution in [3.63, 3.8) is 0 Å². The van der Waals surface area contributed by atoms with Crippen molar-refractivity contribution in [3.05, 3.63) is 60.2 Å². The Labute approximate surface area is 142 Å². The van der Waals surface area contributed by atoms with Crippen molar-refractivity contribution in [2.24, 2.45) is 5.92 Å². The minimum Gasteiger partial charge on any atom is -0.326 e. The number of nitrogens with one attached hydrogen (secondary N) is 2. The molecule has 1 atom stereocenters. The maximum absolute atomic E-state index is 12.6. The summed E-state index contributed by atoms with van der Waals surface area (Å²) >= 11 is 0. The molecule has 0 spiro atoms. The van der Waals surface area contributed by atoms with E-state index in [0.29, 0.717) is 17.8 Å². The molecule has 0 aliphatic carbocycles. The molecule has 0 aromatic heterocycles. The molecule has 1 aliphatic heterocycles. The lowest BCUT2D eigenvalue weighted by Crippen LogP contribution is -2.25. The van der Waals surface area contributed by atoms with Gasteiger partial charge in [-0.05, 0) is 36.7 Å². The molecule has 1 heterocycles. The molecule has 1 fully saturated rings. The molecule has 24 heavy (non-hydrogen) atoms. The van der Waals surface area contributed by atoms with Crippen LogP contribution in [0.5, 0.6) is 0 Å². The SMILES string of the molecule is O=C(Nc1ccccc1CS(=O)(=O)c1ccccc1)C1CCNC1. The highest BCUT2D eigenvalue weighted by atomic mass is 32.2. The van der Waals surface area contributed by atoms with Crippen LogP contribution in [0.2, 0.25) is 0 Å². The van der Waals surface area contributed by atoms with E-state index < -0.39 is 9.84 Å². The van der Waals surface area contributed by atoms with Crippen LogP contribution in [-0.2, 0) is 20.4 Å². The Hall–Kier alpha value is -2.18. The van der Waals surface area contributed by atoms with Crippen LogP contribution in [-0.4, -0.2) is 27.4 Å². The number of amides is 1. The molecule has 5 nitrogen and oxygen atoms in total. The van der Waals surface area contributed by atoms with E-state index in [2.05, 4.69) is 10.6 Å². The van der Waals surface area contributed by atoms with Crippen LogP contribution in [0.1, 0.15) is 12.0 Å². The van der Waals surface area contributed by atoms with E-state index in [-0.39, 0.29) is 22.5 Å². The topological polar surface area (TPSA) is 75.3 Å². The second-order valence-corrected chi connectivity index (χ2v) is 7.90. The fraction of sp³-hybridized carbons (Fsp3) is 0.278. The lowest BCUT2D eigenvalue weighted by molar-refractivity contribution is -0.119. The summed E-state index contributed by atoms with van der Waals surface area (Å²) in [5.74, 6) is -0.274. The van der Waals surface area contributed by atoms with E-state index in [4.69, 9.17) is 0 Å². The Morgan fingerprint density at radius 3 is 2.50 bits per heavy atom. The monoisotopic (exact) mass is 344 g/mol. The molecule has 126 valence electrons. The van der Waals surface area contributed by atoms with Crippen molar-refractivity contribution < 1.29 is 13.2 Å². The van der Waals surface area contributed by atoms with Crippen LogP contribution in [0.25, 0.3) is 0 Å². The van der Waals surface area contributed by atoms with Gasteiger partial charge in [0.25, 0.3) is 0 Å². The minimum atomic E-state index is -3.45. The first-order chi connectivity index (χ1) is 11.6. The van der Waals surface area contributed by atoms with Gasteiger partial charge in [-0.25, -0.2) is 8.42 Å². The molecule has 1 unspecified atom stereocenters. The molecule has 1 aliphatic rings. The van der Waals surface area contributed by atoms with Gasteiger partial charge < -0.3 is 10.6 Å².